The molecule has 7 aromatic rings. The van der Waals surface area contributed by atoms with Gasteiger partial charge in [-0.05, 0) is 85.4 Å². The highest BCUT2D eigenvalue weighted by Crippen LogP contribution is 2.40. The Bertz CT molecular complexity index is 2330. The molecule has 4 heterocycles. The fraction of sp³-hybridized carbons (Fsp3) is 0.167. The van der Waals surface area contributed by atoms with E-state index in [1.54, 1.807) is 0 Å². The molecule has 0 saturated carbocycles. The average molecular weight is 599 g/mol. The van der Waals surface area contributed by atoms with Crippen molar-refractivity contribution in [1.82, 2.24) is 9.55 Å². The molecule has 4 nitrogen and oxygen atoms in total. The van der Waals surface area contributed by atoms with Crippen LogP contribution in [0, 0.1) is 0 Å². The molecule has 1 aliphatic carbocycles. The van der Waals surface area contributed by atoms with Crippen molar-refractivity contribution < 1.29 is 9.15 Å². The van der Waals surface area contributed by atoms with Crippen LogP contribution in [0.2, 0.25) is 0 Å². The number of furan rings is 1. The van der Waals surface area contributed by atoms with Crippen molar-refractivity contribution in [2.75, 3.05) is 6.61 Å². The highest BCUT2D eigenvalue weighted by atomic mass is 16.5. The Morgan fingerprint density at radius 2 is 1.46 bits per heavy atom. The summed E-state index contributed by atoms with van der Waals surface area (Å²) in [5.74, 6) is 1.25. The van der Waals surface area contributed by atoms with Gasteiger partial charge in [0.2, 0.25) is 0 Å². The molecule has 1 aliphatic heterocycles. The molecule has 0 N–H and O–H groups in total. The summed E-state index contributed by atoms with van der Waals surface area (Å²) in [6.07, 6.45) is 14.1. The number of hydrogen-bond donors (Lipinski definition) is 0. The van der Waals surface area contributed by atoms with Crippen molar-refractivity contribution in [3.63, 3.8) is 0 Å². The summed E-state index contributed by atoms with van der Waals surface area (Å²) in [7, 11) is 0. The number of para-hydroxylation sites is 3. The molecule has 0 amide bonds. The summed E-state index contributed by atoms with van der Waals surface area (Å²) in [4.78, 5) is 4.74. The average Bonchev–Trinajstić information content (AvgIpc) is 3.66. The van der Waals surface area contributed by atoms with E-state index in [4.69, 9.17) is 14.1 Å². The number of rotatable bonds is 3. The van der Waals surface area contributed by atoms with Crippen molar-refractivity contribution in [3.05, 3.63) is 150 Å². The molecular formula is C42H34N2O2. The minimum atomic E-state index is 0.202. The van der Waals surface area contributed by atoms with Gasteiger partial charge in [-0.15, -0.1) is 0 Å². The zero-order valence-corrected chi connectivity index (χ0v) is 25.8. The number of nitrogens with zero attached hydrogens (tertiary/aromatic N) is 2. The Hall–Kier alpha value is -5.35. The van der Waals surface area contributed by atoms with Gasteiger partial charge >= 0.3 is 0 Å². The van der Waals surface area contributed by atoms with Crippen LogP contribution in [0.1, 0.15) is 43.7 Å². The Morgan fingerprint density at radius 3 is 2.28 bits per heavy atom. The Labute approximate surface area is 267 Å². The van der Waals surface area contributed by atoms with Crippen molar-refractivity contribution in [3.8, 4) is 11.1 Å². The highest BCUT2D eigenvalue weighted by molar-refractivity contribution is 6.08. The molecule has 2 unspecified atom stereocenters. The minimum absolute atomic E-state index is 0.202. The normalized spacial score (nSPS) is 19.9. The minimum Gasteiger partial charge on any atom is -0.493 e. The number of fused-ring (bicyclic) bond motifs is 7. The molecule has 0 bridgehead atoms. The van der Waals surface area contributed by atoms with Gasteiger partial charge in [0, 0.05) is 62.0 Å². The van der Waals surface area contributed by atoms with E-state index in [1.807, 2.05) is 24.5 Å². The maximum atomic E-state index is 6.44. The molecule has 3 aromatic heterocycles. The first-order valence-corrected chi connectivity index (χ1v) is 16.3. The lowest BCUT2D eigenvalue weighted by atomic mass is 9.88. The highest BCUT2D eigenvalue weighted by Gasteiger charge is 2.24. The van der Waals surface area contributed by atoms with E-state index in [9.17, 15) is 0 Å². The van der Waals surface area contributed by atoms with E-state index < -0.39 is 0 Å². The smallest absolute Gasteiger partial charge is 0.135 e. The van der Waals surface area contributed by atoms with E-state index in [1.165, 1.54) is 38.5 Å². The van der Waals surface area contributed by atoms with Crippen LogP contribution in [0.5, 0.6) is 0 Å². The number of pyridine rings is 1. The van der Waals surface area contributed by atoms with Gasteiger partial charge in [-0.2, -0.15) is 0 Å². The van der Waals surface area contributed by atoms with Gasteiger partial charge in [0.1, 0.15) is 16.9 Å². The largest absolute Gasteiger partial charge is 0.493 e. The lowest BCUT2D eigenvalue weighted by molar-refractivity contribution is 0.211. The number of aromatic nitrogens is 2. The molecule has 9 rings (SSSR count). The van der Waals surface area contributed by atoms with Crippen LogP contribution in [0.4, 0.5) is 0 Å². The van der Waals surface area contributed by atoms with E-state index in [-0.39, 0.29) is 12.0 Å². The van der Waals surface area contributed by atoms with Gasteiger partial charge in [0.25, 0.3) is 0 Å². The summed E-state index contributed by atoms with van der Waals surface area (Å²) < 4.78 is 15.0. The summed E-state index contributed by atoms with van der Waals surface area (Å²) >= 11 is 0. The standard InChI is InChI=1S/C42H34N2O2/c1-27-21-28(30-22-31(26-43-25-30)29-16-18-42-37(23-29)35-12-4-7-15-41(35)46-42)9-8-20-45-40-19-17-32(24-36(27)40)44-38-13-5-2-10-33(38)34-11-3-6-14-39(34)44/h2-7,10-16,18-19,21-26,28,32H,8-9,17,20H2,1H3/b27-21+. The fourth-order valence-corrected chi connectivity index (χ4v) is 7.58. The second-order valence-electron chi connectivity index (χ2n) is 12.6. The van der Waals surface area contributed by atoms with Crippen LogP contribution in [0.25, 0.3) is 54.9 Å². The maximum absolute atomic E-state index is 6.44. The Morgan fingerprint density at radius 1 is 0.717 bits per heavy atom. The second kappa shape index (κ2) is 10.9. The zero-order valence-electron chi connectivity index (χ0n) is 25.8. The third-order valence-electron chi connectivity index (χ3n) is 9.81. The Kier molecular flexibility index (Phi) is 6.41. The third-order valence-corrected chi connectivity index (χ3v) is 9.81. The lowest BCUT2D eigenvalue weighted by Gasteiger charge is -2.25. The van der Waals surface area contributed by atoms with Crippen molar-refractivity contribution in [2.24, 2.45) is 0 Å². The lowest BCUT2D eigenvalue weighted by Crippen LogP contribution is -2.12. The van der Waals surface area contributed by atoms with E-state index in [0.717, 1.165) is 58.1 Å². The van der Waals surface area contributed by atoms with Crippen LogP contribution in [0.3, 0.4) is 0 Å². The molecule has 224 valence electrons. The zero-order chi connectivity index (χ0) is 30.6. The van der Waals surface area contributed by atoms with E-state index in [2.05, 4.69) is 115 Å². The van der Waals surface area contributed by atoms with Crippen LogP contribution in [0.15, 0.2) is 149 Å². The third kappa shape index (κ3) is 4.47. The SMILES string of the molecule is C/C1=C\C(c2cncc(-c3ccc4oc5ccccc5c4c3)c2)CCCOC2=CCC(n3c4ccccc4c4ccccc43)C=C21. The number of hydrogen-bond acceptors (Lipinski definition) is 3. The van der Waals surface area contributed by atoms with Gasteiger partial charge < -0.3 is 13.7 Å². The molecule has 0 radical (unpaired) electrons. The summed E-state index contributed by atoms with van der Waals surface area (Å²) in [6, 6.07) is 34.7. The molecule has 2 atom stereocenters. The van der Waals surface area contributed by atoms with Gasteiger partial charge in [0.15, 0.2) is 0 Å². The van der Waals surface area contributed by atoms with E-state index >= 15 is 0 Å². The first kappa shape index (κ1) is 27.0. The second-order valence-corrected chi connectivity index (χ2v) is 12.6. The topological polar surface area (TPSA) is 40.2 Å². The molecule has 46 heavy (non-hydrogen) atoms. The summed E-state index contributed by atoms with van der Waals surface area (Å²) in [5, 5.41) is 4.88. The van der Waals surface area contributed by atoms with Crippen molar-refractivity contribution in [2.45, 2.75) is 38.1 Å². The van der Waals surface area contributed by atoms with Gasteiger partial charge in [-0.1, -0.05) is 72.8 Å². The summed E-state index contributed by atoms with van der Waals surface area (Å²) in [6.45, 7) is 2.95. The van der Waals surface area contributed by atoms with Crippen molar-refractivity contribution in [1.29, 1.82) is 0 Å². The number of allylic oxidation sites excluding steroid dienone is 4. The predicted octanol–water partition coefficient (Wildman–Crippen LogP) is 11.1. The first-order chi connectivity index (χ1) is 22.7. The van der Waals surface area contributed by atoms with Gasteiger partial charge in [-0.3, -0.25) is 4.98 Å². The molecule has 0 fully saturated rings. The predicted molar refractivity (Wildman–Crippen MR) is 188 cm³/mol. The number of benzene rings is 4. The van der Waals surface area contributed by atoms with Crippen LogP contribution in [-0.4, -0.2) is 16.2 Å². The van der Waals surface area contributed by atoms with E-state index in [0.29, 0.717) is 6.61 Å². The molecule has 0 spiro atoms. The molecule has 0 saturated heterocycles. The van der Waals surface area contributed by atoms with Crippen LogP contribution >= 0.6 is 0 Å². The molecule has 4 aromatic carbocycles. The van der Waals surface area contributed by atoms with Gasteiger partial charge in [-0.25, -0.2) is 0 Å². The van der Waals surface area contributed by atoms with Gasteiger partial charge in [0.05, 0.1) is 12.6 Å². The number of ether oxygens (including phenoxy) is 1. The van der Waals surface area contributed by atoms with Crippen LogP contribution in [-0.2, 0) is 4.74 Å². The fourth-order valence-electron chi connectivity index (χ4n) is 7.58. The molecule has 2 aliphatic rings. The molecule has 4 heteroatoms. The van der Waals surface area contributed by atoms with Crippen molar-refractivity contribution >= 4 is 43.7 Å². The summed E-state index contributed by atoms with van der Waals surface area (Å²) in [5.41, 5.74) is 10.3. The monoisotopic (exact) mass is 598 g/mol. The maximum Gasteiger partial charge on any atom is 0.135 e. The first-order valence-electron chi connectivity index (χ1n) is 16.3. The molecular weight excluding hydrogens is 564 g/mol. The van der Waals surface area contributed by atoms with Crippen LogP contribution < -0.4 is 0 Å². The Balaban J connectivity index is 1.09. The quantitative estimate of drug-likeness (QED) is 0.203.